The molecule has 1 unspecified atom stereocenters. The summed E-state index contributed by atoms with van der Waals surface area (Å²) in [7, 11) is 0. The van der Waals surface area contributed by atoms with E-state index in [4.69, 9.17) is 5.73 Å². The van der Waals surface area contributed by atoms with E-state index >= 15 is 0 Å². The van der Waals surface area contributed by atoms with Gasteiger partial charge in [-0.2, -0.15) is 11.8 Å². The van der Waals surface area contributed by atoms with Gasteiger partial charge in [0.25, 0.3) is 0 Å². The Balaban J connectivity index is 1.95. The van der Waals surface area contributed by atoms with Crippen molar-refractivity contribution in [3.8, 4) is 11.3 Å². The largest absolute Gasteiger partial charge is 0.384 e. The van der Waals surface area contributed by atoms with Crippen molar-refractivity contribution in [1.29, 1.82) is 0 Å². The molecule has 2 aromatic rings. The van der Waals surface area contributed by atoms with Crippen LogP contribution in [0.2, 0.25) is 0 Å². The predicted octanol–water partition coefficient (Wildman–Crippen LogP) is 2.60. The highest BCUT2D eigenvalue weighted by atomic mass is 32.2. The minimum atomic E-state index is 0.552. The number of rotatable bonds is 2. The van der Waals surface area contributed by atoms with Gasteiger partial charge in [0.05, 0.1) is 18.2 Å². The molecule has 0 spiro atoms. The predicted molar refractivity (Wildman–Crippen MR) is 75.5 cm³/mol. The lowest BCUT2D eigenvalue weighted by atomic mass is 10.1. The lowest BCUT2D eigenvalue weighted by molar-refractivity contribution is 0.503. The van der Waals surface area contributed by atoms with Crippen LogP contribution in [0.15, 0.2) is 30.9 Å². The molecule has 94 valence electrons. The van der Waals surface area contributed by atoms with Gasteiger partial charge in [-0.1, -0.05) is 0 Å². The Kier molecular flexibility index (Phi) is 3.23. The highest BCUT2D eigenvalue weighted by Gasteiger charge is 2.18. The smallest absolute Gasteiger partial charge is 0.123 e. The standard InChI is InChI=1S/C13H16N4S/c14-13-6-10(3-4-16-13)12-7-15-9-17(12)11-2-1-5-18-8-11/h3-4,6-7,9,11H,1-2,5,8H2,(H2,14,16). The van der Waals surface area contributed by atoms with Crippen molar-refractivity contribution >= 4 is 17.6 Å². The lowest BCUT2D eigenvalue weighted by Crippen LogP contribution is -2.16. The zero-order valence-electron chi connectivity index (χ0n) is 10.1. The second-order valence-electron chi connectivity index (χ2n) is 4.53. The van der Waals surface area contributed by atoms with Crippen molar-refractivity contribution in [2.45, 2.75) is 18.9 Å². The number of thioether (sulfide) groups is 1. The van der Waals surface area contributed by atoms with Gasteiger partial charge in [-0.3, -0.25) is 0 Å². The number of nitrogen functional groups attached to an aromatic ring is 1. The third-order valence-electron chi connectivity index (χ3n) is 3.27. The summed E-state index contributed by atoms with van der Waals surface area (Å²) >= 11 is 2.02. The van der Waals surface area contributed by atoms with E-state index < -0.39 is 0 Å². The molecule has 1 aliphatic rings. The molecule has 0 amide bonds. The number of nitrogens with two attached hydrogens (primary N) is 1. The summed E-state index contributed by atoms with van der Waals surface area (Å²) in [5, 5.41) is 0. The maximum atomic E-state index is 5.75. The average Bonchev–Trinajstić information content (AvgIpc) is 2.89. The van der Waals surface area contributed by atoms with Crippen LogP contribution >= 0.6 is 11.8 Å². The summed E-state index contributed by atoms with van der Waals surface area (Å²) in [6.45, 7) is 0. The fourth-order valence-electron chi connectivity index (χ4n) is 2.37. The van der Waals surface area contributed by atoms with Crippen LogP contribution in [0, 0.1) is 0 Å². The van der Waals surface area contributed by atoms with E-state index in [0.717, 1.165) is 11.3 Å². The third-order valence-corrected chi connectivity index (χ3v) is 4.47. The molecule has 4 nitrogen and oxygen atoms in total. The quantitative estimate of drug-likeness (QED) is 0.901. The number of aromatic nitrogens is 3. The van der Waals surface area contributed by atoms with Crippen molar-refractivity contribution in [2.75, 3.05) is 17.2 Å². The molecule has 3 rings (SSSR count). The first-order valence-corrected chi connectivity index (χ1v) is 7.31. The Morgan fingerprint density at radius 3 is 3.17 bits per heavy atom. The van der Waals surface area contributed by atoms with Gasteiger partial charge in [0.15, 0.2) is 0 Å². The first kappa shape index (κ1) is 11.6. The zero-order chi connectivity index (χ0) is 12.4. The van der Waals surface area contributed by atoms with E-state index in [1.165, 1.54) is 24.3 Å². The molecule has 5 heteroatoms. The molecule has 1 fully saturated rings. The number of nitrogens with zero attached hydrogens (tertiary/aromatic N) is 3. The van der Waals surface area contributed by atoms with Crippen molar-refractivity contribution in [3.05, 3.63) is 30.9 Å². The maximum Gasteiger partial charge on any atom is 0.123 e. The number of imidazole rings is 1. The van der Waals surface area contributed by atoms with E-state index in [9.17, 15) is 0 Å². The average molecular weight is 260 g/mol. The number of hydrogen-bond donors (Lipinski definition) is 1. The molecule has 1 aliphatic heterocycles. The topological polar surface area (TPSA) is 56.7 Å². The summed E-state index contributed by atoms with van der Waals surface area (Å²) in [6, 6.07) is 4.44. The Morgan fingerprint density at radius 1 is 1.44 bits per heavy atom. The van der Waals surface area contributed by atoms with Gasteiger partial charge in [-0.05, 0) is 30.7 Å². The van der Waals surface area contributed by atoms with Crippen molar-refractivity contribution in [2.24, 2.45) is 0 Å². The monoisotopic (exact) mass is 260 g/mol. The van der Waals surface area contributed by atoms with Gasteiger partial charge in [0, 0.05) is 23.6 Å². The first-order chi connectivity index (χ1) is 8.84. The van der Waals surface area contributed by atoms with Crippen molar-refractivity contribution < 1.29 is 0 Å². The van der Waals surface area contributed by atoms with Gasteiger partial charge >= 0.3 is 0 Å². The first-order valence-electron chi connectivity index (χ1n) is 6.16. The molecule has 0 aliphatic carbocycles. The highest BCUT2D eigenvalue weighted by Crippen LogP contribution is 2.31. The molecule has 1 saturated heterocycles. The van der Waals surface area contributed by atoms with Gasteiger partial charge in [0.2, 0.25) is 0 Å². The zero-order valence-corrected chi connectivity index (χ0v) is 10.9. The van der Waals surface area contributed by atoms with Crippen LogP contribution in [0.3, 0.4) is 0 Å². The summed E-state index contributed by atoms with van der Waals surface area (Å²) in [5.74, 6) is 3.01. The SMILES string of the molecule is Nc1cc(-c2cncn2C2CCCSC2)ccn1. The Labute approximate surface area is 111 Å². The van der Waals surface area contributed by atoms with Gasteiger partial charge in [0.1, 0.15) is 5.82 Å². The summed E-state index contributed by atoms with van der Waals surface area (Å²) in [5.41, 5.74) is 7.98. The molecule has 0 radical (unpaired) electrons. The van der Waals surface area contributed by atoms with E-state index in [-0.39, 0.29) is 0 Å². The van der Waals surface area contributed by atoms with E-state index in [1.807, 2.05) is 36.4 Å². The molecule has 2 aromatic heterocycles. The van der Waals surface area contributed by atoms with E-state index in [2.05, 4.69) is 14.5 Å². The molecule has 2 N–H and O–H groups in total. The third kappa shape index (κ3) is 2.22. The minimum Gasteiger partial charge on any atom is -0.384 e. The van der Waals surface area contributed by atoms with Crippen LogP contribution < -0.4 is 5.73 Å². The van der Waals surface area contributed by atoms with Crippen LogP contribution in [-0.4, -0.2) is 26.0 Å². The minimum absolute atomic E-state index is 0.552. The van der Waals surface area contributed by atoms with Crippen LogP contribution in [0.1, 0.15) is 18.9 Å². The molecular formula is C13H16N4S. The van der Waals surface area contributed by atoms with Crippen LogP contribution in [-0.2, 0) is 0 Å². The Morgan fingerprint density at radius 2 is 2.39 bits per heavy atom. The second kappa shape index (κ2) is 5.02. The van der Waals surface area contributed by atoms with Gasteiger partial charge in [-0.15, -0.1) is 0 Å². The van der Waals surface area contributed by atoms with Crippen LogP contribution in [0.4, 0.5) is 5.82 Å². The van der Waals surface area contributed by atoms with E-state index in [0.29, 0.717) is 11.9 Å². The fourth-order valence-corrected chi connectivity index (χ4v) is 3.51. The molecule has 0 bridgehead atoms. The summed E-state index contributed by atoms with van der Waals surface area (Å²) in [6.07, 6.45) is 8.11. The van der Waals surface area contributed by atoms with Crippen LogP contribution in [0.5, 0.6) is 0 Å². The molecule has 0 aromatic carbocycles. The molecule has 1 atom stereocenters. The fraction of sp³-hybridized carbons (Fsp3) is 0.385. The number of anilines is 1. The lowest BCUT2D eigenvalue weighted by Gasteiger charge is -2.24. The van der Waals surface area contributed by atoms with E-state index in [1.54, 1.807) is 6.20 Å². The van der Waals surface area contributed by atoms with Crippen molar-refractivity contribution in [1.82, 2.24) is 14.5 Å². The summed E-state index contributed by atoms with van der Waals surface area (Å²) in [4.78, 5) is 8.33. The van der Waals surface area contributed by atoms with Crippen LogP contribution in [0.25, 0.3) is 11.3 Å². The number of hydrogen-bond acceptors (Lipinski definition) is 4. The van der Waals surface area contributed by atoms with Crippen molar-refractivity contribution in [3.63, 3.8) is 0 Å². The molecular weight excluding hydrogens is 244 g/mol. The highest BCUT2D eigenvalue weighted by molar-refractivity contribution is 7.99. The second-order valence-corrected chi connectivity index (χ2v) is 5.68. The number of pyridine rings is 1. The molecule has 3 heterocycles. The molecule has 0 saturated carbocycles. The Hall–Kier alpha value is -1.49. The Bertz CT molecular complexity index is 531. The van der Waals surface area contributed by atoms with Gasteiger partial charge in [-0.25, -0.2) is 9.97 Å². The molecule has 18 heavy (non-hydrogen) atoms. The van der Waals surface area contributed by atoms with Gasteiger partial charge < -0.3 is 10.3 Å². The normalized spacial score (nSPS) is 19.9. The summed E-state index contributed by atoms with van der Waals surface area (Å²) < 4.78 is 2.28. The maximum absolute atomic E-state index is 5.75.